The van der Waals surface area contributed by atoms with E-state index in [0.717, 1.165) is 20.8 Å². The zero-order valence-corrected chi connectivity index (χ0v) is 16.0. The van der Waals surface area contributed by atoms with Gasteiger partial charge in [-0.3, -0.25) is 0 Å². The molecule has 1 aromatic heterocycles. The van der Waals surface area contributed by atoms with Crippen LogP contribution in [0.15, 0.2) is 53.4 Å². The van der Waals surface area contributed by atoms with E-state index in [0.29, 0.717) is 0 Å². The van der Waals surface area contributed by atoms with Crippen molar-refractivity contribution in [2.24, 2.45) is 0 Å². The third-order valence-corrected chi connectivity index (χ3v) is 6.98. The van der Waals surface area contributed by atoms with Crippen LogP contribution in [0, 0.1) is 22.7 Å². The Morgan fingerprint density at radius 1 is 0.963 bits per heavy atom. The third-order valence-electron chi connectivity index (χ3n) is 3.98. The lowest BCUT2D eigenvalue weighted by Crippen LogP contribution is -2.32. The summed E-state index contributed by atoms with van der Waals surface area (Å²) in [7, 11) is -3.76. The molecule has 0 N–H and O–H groups in total. The summed E-state index contributed by atoms with van der Waals surface area (Å²) in [6.45, 7) is 0.139. The largest absolute Gasteiger partial charge is 0.243 e. The molecule has 0 saturated heterocycles. The van der Waals surface area contributed by atoms with Crippen molar-refractivity contribution in [3.8, 4) is 22.7 Å². The molecule has 1 heterocycles. The SMILES string of the molecule is N#CCCN(CCC#N)S(=O)(=O)c1ccc(-c2nc3ccccc3s2)cc1. The molecule has 3 aromatic rings. The van der Waals surface area contributed by atoms with Crippen LogP contribution in [0.5, 0.6) is 0 Å². The number of thiazole rings is 1. The Labute approximate surface area is 162 Å². The predicted octanol–water partition coefficient (Wildman–Crippen LogP) is 3.78. The van der Waals surface area contributed by atoms with Gasteiger partial charge in [-0.15, -0.1) is 11.3 Å². The summed E-state index contributed by atoms with van der Waals surface area (Å²) in [6, 6.07) is 18.3. The molecule has 136 valence electrons. The third kappa shape index (κ3) is 4.15. The first kappa shape index (κ1) is 19.0. The van der Waals surface area contributed by atoms with Crippen molar-refractivity contribution in [1.82, 2.24) is 9.29 Å². The van der Waals surface area contributed by atoms with Gasteiger partial charge in [0.05, 0.1) is 27.3 Å². The molecule has 2 aromatic carbocycles. The molecule has 0 spiro atoms. The molecule has 0 amide bonds. The number of fused-ring (bicyclic) bond motifs is 1. The van der Waals surface area contributed by atoms with Gasteiger partial charge in [0.2, 0.25) is 10.0 Å². The van der Waals surface area contributed by atoms with E-state index in [4.69, 9.17) is 10.5 Å². The Bertz CT molecular complexity index is 1070. The summed E-state index contributed by atoms with van der Waals surface area (Å²) < 4.78 is 27.9. The maximum atomic E-state index is 12.8. The van der Waals surface area contributed by atoms with Crippen LogP contribution < -0.4 is 0 Å². The number of benzene rings is 2. The highest BCUT2D eigenvalue weighted by Crippen LogP contribution is 2.30. The molecule has 0 bridgehead atoms. The summed E-state index contributed by atoms with van der Waals surface area (Å²) in [5.74, 6) is 0. The maximum absolute atomic E-state index is 12.8. The first-order valence-corrected chi connectivity index (χ1v) is 10.5. The minimum absolute atomic E-state index is 0.0696. The molecule has 8 heteroatoms. The quantitative estimate of drug-likeness (QED) is 0.605. The lowest BCUT2D eigenvalue weighted by molar-refractivity contribution is 0.425. The van der Waals surface area contributed by atoms with Crippen LogP contribution >= 0.6 is 11.3 Å². The van der Waals surface area contributed by atoms with E-state index >= 15 is 0 Å². The van der Waals surface area contributed by atoms with Crippen molar-refractivity contribution < 1.29 is 8.42 Å². The maximum Gasteiger partial charge on any atom is 0.243 e. The van der Waals surface area contributed by atoms with Crippen LogP contribution in [0.2, 0.25) is 0 Å². The van der Waals surface area contributed by atoms with Crippen LogP contribution in [-0.2, 0) is 10.0 Å². The summed E-state index contributed by atoms with van der Waals surface area (Å²) in [5.41, 5.74) is 1.75. The molecule has 0 aliphatic heterocycles. The molecule has 0 fully saturated rings. The molecule has 0 unspecified atom stereocenters. The van der Waals surface area contributed by atoms with Gasteiger partial charge in [0.1, 0.15) is 5.01 Å². The van der Waals surface area contributed by atoms with Gasteiger partial charge in [-0.25, -0.2) is 13.4 Å². The first-order valence-electron chi connectivity index (χ1n) is 8.26. The number of aromatic nitrogens is 1. The summed E-state index contributed by atoms with van der Waals surface area (Å²) in [6.07, 6.45) is 0.156. The van der Waals surface area contributed by atoms with Crippen LogP contribution in [0.25, 0.3) is 20.8 Å². The van der Waals surface area contributed by atoms with Crippen LogP contribution in [0.3, 0.4) is 0 Å². The average Bonchev–Trinajstić information content (AvgIpc) is 3.12. The summed E-state index contributed by atoms with van der Waals surface area (Å²) in [5, 5.41) is 18.3. The highest BCUT2D eigenvalue weighted by atomic mass is 32.2. The number of sulfonamides is 1. The van der Waals surface area contributed by atoms with Crippen molar-refractivity contribution in [3.05, 3.63) is 48.5 Å². The van der Waals surface area contributed by atoms with Crippen molar-refractivity contribution in [1.29, 1.82) is 10.5 Å². The lowest BCUT2D eigenvalue weighted by atomic mass is 10.2. The Balaban J connectivity index is 1.88. The molecule has 27 heavy (non-hydrogen) atoms. The van der Waals surface area contributed by atoms with E-state index in [1.54, 1.807) is 35.6 Å². The first-order chi connectivity index (χ1) is 13.1. The van der Waals surface area contributed by atoms with E-state index in [1.807, 2.05) is 36.4 Å². The number of hydrogen-bond acceptors (Lipinski definition) is 6. The zero-order valence-electron chi connectivity index (χ0n) is 14.4. The number of nitriles is 2. The van der Waals surface area contributed by atoms with E-state index in [1.165, 1.54) is 4.31 Å². The van der Waals surface area contributed by atoms with Crippen LogP contribution in [0.1, 0.15) is 12.8 Å². The van der Waals surface area contributed by atoms with Crippen LogP contribution in [-0.4, -0.2) is 30.8 Å². The fourth-order valence-electron chi connectivity index (χ4n) is 2.62. The van der Waals surface area contributed by atoms with Gasteiger partial charge in [-0.2, -0.15) is 14.8 Å². The van der Waals surface area contributed by atoms with Crippen molar-refractivity contribution in [2.75, 3.05) is 13.1 Å². The van der Waals surface area contributed by atoms with Crippen molar-refractivity contribution in [3.63, 3.8) is 0 Å². The van der Waals surface area contributed by atoms with Gasteiger partial charge >= 0.3 is 0 Å². The Morgan fingerprint density at radius 2 is 1.59 bits per heavy atom. The normalized spacial score (nSPS) is 11.4. The molecular formula is C19H16N4O2S2. The summed E-state index contributed by atoms with van der Waals surface area (Å²) in [4.78, 5) is 4.72. The number of nitrogens with zero attached hydrogens (tertiary/aromatic N) is 4. The lowest BCUT2D eigenvalue weighted by Gasteiger charge is -2.20. The minimum Gasteiger partial charge on any atom is -0.236 e. The molecule has 6 nitrogen and oxygen atoms in total. The minimum atomic E-state index is -3.76. The second kappa shape index (κ2) is 8.28. The van der Waals surface area contributed by atoms with Gasteiger partial charge < -0.3 is 0 Å². The predicted molar refractivity (Wildman–Crippen MR) is 104 cm³/mol. The molecular weight excluding hydrogens is 380 g/mol. The number of rotatable bonds is 7. The van der Waals surface area contributed by atoms with E-state index in [9.17, 15) is 8.42 Å². The topological polar surface area (TPSA) is 97.9 Å². The molecule has 0 radical (unpaired) electrons. The van der Waals surface area contributed by atoms with Gasteiger partial charge in [0.25, 0.3) is 0 Å². The standard InChI is InChI=1S/C19H16N4O2S2/c20-11-3-13-23(14-4-12-21)27(24,25)16-9-7-15(8-10-16)19-22-17-5-1-2-6-18(17)26-19/h1-2,5-10H,3-4,13-14H2. The van der Waals surface area contributed by atoms with Crippen LogP contribution in [0.4, 0.5) is 0 Å². The average molecular weight is 396 g/mol. The fraction of sp³-hybridized carbons (Fsp3) is 0.211. The smallest absolute Gasteiger partial charge is 0.236 e. The second-order valence-electron chi connectivity index (χ2n) is 5.73. The van der Waals surface area contributed by atoms with Gasteiger partial charge in [0, 0.05) is 31.5 Å². The van der Waals surface area contributed by atoms with E-state index < -0.39 is 10.0 Å². The molecule has 0 atom stereocenters. The second-order valence-corrected chi connectivity index (χ2v) is 8.70. The van der Waals surface area contributed by atoms with Crippen molar-refractivity contribution >= 4 is 31.6 Å². The van der Waals surface area contributed by atoms with Gasteiger partial charge in [-0.05, 0) is 24.3 Å². The van der Waals surface area contributed by atoms with Crippen molar-refractivity contribution in [2.45, 2.75) is 17.7 Å². The number of hydrogen-bond donors (Lipinski definition) is 0. The van der Waals surface area contributed by atoms with Gasteiger partial charge in [0.15, 0.2) is 0 Å². The molecule has 0 aliphatic rings. The zero-order chi connectivity index (χ0) is 19.3. The fourth-order valence-corrected chi connectivity index (χ4v) is 5.03. The molecule has 3 rings (SSSR count). The van der Waals surface area contributed by atoms with E-state index in [-0.39, 0.29) is 30.8 Å². The number of para-hydroxylation sites is 1. The Morgan fingerprint density at radius 3 is 2.19 bits per heavy atom. The highest BCUT2D eigenvalue weighted by molar-refractivity contribution is 7.89. The highest BCUT2D eigenvalue weighted by Gasteiger charge is 2.24. The summed E-state index contributed by atoms with van der Waals surface area (Å²) >= 11 is 1.55. The van der Waals surface area contributed by atoms with Gasteiger partial charge in [-0.1, -0.05) is 24.3 Å². The van der Waals surface area contributed by atoms with E-state index in [2.05, 4.69) is 4.98 Å². The Hall–Kier alpha value is -2.78. The molecule has 0 aliphatic carbocycles. The molecule has 0 saturated carbocycles. The monoisotopic (exact) mass is 396 g/mol. The Kier molecular flexibility index (Phi) is 5.82.